The summed E-state index contributed by atoms with van der Waals surface area (Å²) >= 11 is 9.14. The molecule has 1 atom stereocenters. The number of halogens is 3. The minimum atomic E-state index is -0.293. The summed E-state index contributed by atoms with van der Waals surface area (Å²) in [5.41, 5.74) is 3.51. The number of benzene rings is 2. The quantitative estimate of drug-likeness (QED) is 0.599. The number of hydrogen-bond donors (Lipinski definition) is 2. The van der Waals surface area contributed by atoms with Gasteiger partial charge in [-0.3, -0.25) is 11.3 Å². The smallest absolute Gasteiger partial charge is 0.137 e. The van der Waals surface area contributed by atoms with E-state index in [4.69, 9.17) is 22.2 Å². The summed E-state index contributed by atoms with van der Waals surface area (Å²) in [6.07, 6.45) is 0.537. The minimum absolute atomic E-state index is 0.151. The van der Waals surface area contributed by atoms with Gasteiger partial charge in [-0.2, -0.15) is 0 Å². The van der Waals surface area contributed by atoms with Gasteiger partial charge in [0.15, 0.2) is 0 Å². The molecule has 0 aliphatic carbocycles. The molecule has 0 fully saturated rings. The molecule has 3 N–H and O–H groups in total. The lowest BCUT2D eigenvalue weighted by atomic mass is 10.1. The van der Waals surface area contributed by atoms with Crippen LogP contribution in [0.4, 0.5) is 4.39 Å². The molecule has 0 heterocycles. The van der Waals surface area contributed by atoms with E-state index in [9.17, 15) is 4.39 Å². The van der Waals surface area contributed by atoms with Crippen molar-refractivity contribution in [3.05, 3.63) is 63.3 Å². The third-order valence-electron chi connectivity index (χ3n) is 2.98. The van der Waals surface area contributed by atoms with Crippen LogP contribution in [0.15, 0.2) is 46.9 Å². The molecule has 0 aliphatic rings. The average Bonchev–Trinajstić information content (AvgIpc) is 2.48. The molecule has 112 valence electrons. The van der Waals surface area contributed by atoms with Gasteiger partial charge in [0.1, 0.15) is 18.2 Å². The SMILES string of the molecule is NNC(COc1cccc(Cl)c1)Cc1cccc(F)c1Br. The third-order valence-corrected chi connectivity index (χ3v) is 4.10. The molecule has 0 saturated heterocycles. The van der Waals surface area contributed by atoms with Crippen molar-refractivity contribution in [2.24, 2.45) is 5.84 Å². The number of ether oxygens (including phenoxy) is 1. The molecule has 1 unspecified atom stereocenters. The van der Waals surface area contributed by atoms with Crippen molar-refractivity contribution in [3.63, 3.8) is 0 Å². The number of hydrogen-bond acceptors (Lipinski definition) is 3. The molecular weight excluding hydrogens is 359 g/mol. The first kappa shape index (κ1) is 16.2. The molecule has 0 amide bonds. The molecule has 6 heteroatoms. The van der Waals surface area contributed by atoms with Crippen molar-refractivity contribution >= 4 is 27.5 Å². The van der Waals surface area contributed by atoms with Crippen molar-refractivity contribution in [3.8, 4) is 5.75 Å². The van der Waals surface area contributed by atoms with Crippen LogP contribution in [-0.2, 0) is 6.42 Å². The summed E-state index contributed by atoms with van der Waals surface area (Å²) in [6, 6.07) is 11.9. The van der Waals surface area contributed by atoms with Gasteiger partial charge < -0.3 is 4.74 Å². The number of hydrazine groups is 1. The van der Waals surface area contributed by atoms with Gasteiger partial charge in [0, 0.05) is 5.02 Å². The zero-order chi connectivity index (χ0) is 15.2. The standard InChI is InChI=1S/C15H15BrClFN2O/c16-15-10(3-1-6-14(15)18)7-12(20-19)9-21-13-5-2-4-11(17)8-13/h1-6,8,12,20H,7,9,19H2. The Morgan fingerprint density at radius 3 is 2.76 bits per heavy atom. The van der Waals surface area contributed by atoms with E-state index in [0.29, 0.717) is 28.3 Å². The molecule has 2 aromatic rings. The summed E-state index contributed by atoms with van der Waals surface area (Å²) in [7, 11) is 0. The van der Waals surface area contributed by atoms with Crippen molar-refractivity contribution in [2.45, 2.75) is 12.5 Å². The van der Waals surface area contributed by atoms with Gasteiger partial charge in [-0.05, 0) is 52.2 Å². The van der Waals surface area contributed by atoms with Crippen molar-refractivity contribution < 1.29 is 9.13 Å². The lowest BCUT2D eigenvalue weighted by molar-refractivity contribution is 0.264. The lowest BCUT2D eigenvalue weighted by Crippen LogP contribution is -2.41. The fraction of sp³-hybridized carbons (Fsp3) is 0.200. The number of nitrogens with one attached hydrogen (secondary N) is 1. The highest BCUT2D eigenvalue weighted by molar-refractivity contribution is 9.10. The Labute approximate surface area is 136 Å². The largest absolute Gasteiger partial charge is 0.492 e. The Morgan fingerprint density at radius 1 is 1.29 bits per heavy atom. The molecule has 21 heavy (non-hydrogen) atoms. The van der Waals surface area contributed by atoms with Gasteiger partial charge in [0.05, 0.1) is 10.5 Å². The Hall–Kier alpha value is -1.14. The Balaban J connectivity index is 1.99. The molecule has 2 aromatic carbocycles. The first-order chi connectivity index (χ1) is 10.1. The molecule has 0 aromatic heterocycles. The molecule has 2 rings (SSSR count). The van der Waals surface area contributed by atoms with E-state index in [1.807, 2.05) is 18.2 Å². The van der Waals surface area contributed by atoms with Gasteiger partial charge in [0.25, 0.3) is 0 Å². The van der Waals surface area contributed by atoms with Crippen LogP contribution < -0.4 is 16.0 Å². The second kappa shape index (κ2) is 7.75. The number of rotatable bonds is 6. The zero-order valence-electron chi connectivity index (χ0n) is 11.2. The average molecular weight is 374 g/mol. The predicted octanol–water partition coefficient (Wildman–Crippen LogP) is 3.70. The van der Waals surface area contributed by atoms with Gasteiger partial charge in [-0.15, -0.1) is 0 Å². The van der Waals surface area contributed by atoms with Gasteiger partial charge >= 0.3 is 0 Å². The lowest BCUT2D eigenvalue weighted by Gasteiger charge is -2.18. The van der Waals surface area contributed by atoms with Gasteiger partial charge in [-0.25, -0.2) is 4.39 Å². The van der Waals surface area contributed by atoms with E-state index in [-0.39, 0.29) is 11.9 Å². The van der Waals surface area contributed by atoms with Crippen molar-refractivity contribution in [2.75, 3.05) is 6.61 Å². The maximum Gasteiger partial charge on any atom is 0.137 e. The summed E-state index contributed by atoms with van der Waals surface area (Å²) in [5.74, 6) is 5.91. The second-order valence-corrected chi connectivity index (χ2v) is 5.78. The van der Waals surface area contributed by atoms with Crippen LogP contribution in [0.5, 0.6) is 5.75 Å². The number of nitrogens with two attached hydrogens (primary N) is 1. The predicted molar refractivity (Wildman–Crippen MR) is 85.9 cm³/mol. The Morgan fingerprint density at radius 2 is 2.05 bits per heavy atom. The van der Waals surface area contributed by atoms with Crippen molar-refractivity contribution in [1.82, 2.24) is 5.43 Å². The van der Waals surface area contributed by atoms with Crippen LogP contribution in [-0.4, -0.2) is 12.6 Å². The minimum Gasteiger partial charge on any atom is -0.492 e. The Kier molecular flexibility index (Phi) is 5.99. The van der Waals surface area contributed by atoms with Crippen LogP contribution >= 0.6 is 27.5 Å². The van der Waals surface area contributed by atoms with Crippen LogP contribution in [0.2, 0.25) is 5.02 Å². The van der Waals surface area contributed by atoms with Crippen molar-refractivity contribution in [1.29, 1.82) is 0 Å². The maximum absolute atomic E-state index is 13.5. The van der Waals surface area contributed by atoms with E-state index in [2.05, 4.69) is 21.4 Å². The summed E-state index contributed by atoms with van der Waals surface area (Å²) in [6.45, 7) is 0.347. The Bertz CT molecular complexity index is 612. The van der Waals surface area contributed by atoms with Crippen LogP contribution in [0.1, 0.15) is 5.56 Å². The monoisotopic (exact) mass is 372 g/mol. The molecule has 0 spiro atoms. The highest BCUT2D eigenvalue weighted by Crippen LogP contribution is 2.22. The highest BCUT2D eigenvalue weighted by atomic mass is 79.9. The topological polar surface area (TPSA) is 47.3 Å². The molecule has 0 saturated carbocycles. The summed E-state index contributed by atoms with van der Waals surface area (Å²) < 4.78 is 19.6. The van der Waals surface area contributed by atoms with Crippen LogP contribution in [0.25, 0.3) is 0 Å². The highest BCUT2D eigenvalue weighted by Gasteiger charge is 2.13. The van der Waals surface area contributed by atoms with E-state index in [1.165, 1.54) is 6.07 Å². The molecular formula is C15H15BrClFN2O. The molecule has 0 bridgehead atoms. The first-order valence-corrected chi connectivity index (χ1v) is 7.54. The third kappa shape index (κ3) is 4.68. The van der Waals surface area contributed by atoms with Crippen LogP contribution in [0, 0.1) is 5.82 Å². The van der Waals surface area contributed by atoms with E-state index >= 15 is 0 Å². The van der Waals surface area contributed by atoms with E-state index in [1.54, 1.807) is 18.2 Å². The fourth-order valence-electron chi connectivity index (χ4n) is 1.89. The van der Waals surface area contributed by atoms with Gasteiger partial charge in [0.2, 0.25) is 0 Å². The maximum atomic E-state index is 13.5. The van der Waals surface area contributed by atoms with E-state index < -0.39 is 0 Å². The van der Waals surface area contributed by atoms with Gasteiger partial charge in [-0.1, -0.05) is 29.8 Å². The molecule has 3 nitrogen and oxygen atoms in total. The van der Waals surface area contributed by atoms with E-state index in [0.717, 1.165) is 5.56 Å². The first-order valence-electron chi connectivity index (χ1n) is 6.37. The zero-order valence-corrected chi connectivity index (χ0v) is 13.5. The second-order valence-electron chi connectivity index (χ2n) is 4.55. The molecule has 0 aliphatic heterocycles. The summed E-state index contributed by atoms with van der Waals surface area (Å²) in [4.78, 5) is 0. The normalized spacial score (nSPS) is 12.2. The molecule has 0 radical (unpaired) electrons. The fourth-order valence-corrected chi connectivity index (χ4v) is 2.50. The summed E-state index contributed by atoms with van der Waals surface area (Å²) in [5, 5.41) is 0.609. The van der Waals surface area contributed by atoms with Crippen LogP contribution in [0.3, 0.4) is 0 Å².